The first-order valence-electron chi connectivity index (χ1n) is 9.66. The van der Waals surface area contributed by atoms with Crippen LogP contribution in [0.15, 0.2) is 70.6 Å². The zero-order valence-corrected chi connectivity index (χ0v) is 18.3. The molecule has 0 radical (unpaired) electrons. The van der Waals surface area contributed by atoms with E-state index in [-0.39, 0.29) is 29.1 Å². The maximum atomic E-state index is 12.9. The lowest BCUT2D eigenvalue weighted by Crippen LogP contribution is -2.35. The number of anilines is 1. The number of amides is 1. The Bertz CT molecular complexity index is 1240. The third-order valence-electron chi connectivity index (χ3n) is 4.83. The molecule has 2 aromatic heterocycles. The van der Waals surface area contributed by atoms with Crippen LogP contribution in [0, 0.1) is 13.8 Å². The van der Waals surface area contributed by atoms with Gasteiger partial charge in [0.2, 0.25) is 5.91 Å². The summed E-state index contributed by atoms with van der Waals surface area (Å²) >= 11 is 0. The van der Waals surface area contributed by atoms with Gasteiger partial charge in [0, 0.05) is 18.1 Å². The van der Waals surface area contributed by atoms with E-state index >= 15 is 0 Å². The first kappa shape index (κ1) is 22.2. The highest BCUT2D eigenvalue weighted by Crippen LogP contribution is 2.15. The van der Waals surface area contributed by atoms with E-state index in [1.54, 1.807) is 43.6 Å². The van der Waals surface area contributed by atoms with Crippen LogP contribution in [0.4, 0.5) is 5.69 Å². The predicted octanol–water partition coefficient (Wildman–Crippen LogP) is 2.54. The van der Waals surface area contributed by atoms with Crippen LogP contribution >= 0.6 is 0 Å². The van der Waals surface area contributed by atoms with Crippen molar-refractivity contribution in [3.63, 3.8) is 0 Å². The fraction of sp³-hybridized carbons (Fsp3) is 0.227. The van der Waals surface area contributed by atoms with E-state index in [1.165, 1.54) is 22.8 Å². The Morgan fingerprint density at radius 1 is 1.10 bits per heavy atom. The minimum absolute atomic E-state index is 0.0488. The van der Waals surface area contributed by atoms with Crippen molar-refractivity contribution in [2.75, 3.05) is 4.72 Å². The number of aromatic nitrogens is 2. The summed E-state index contributed by atoms with van der Waals surface area (Å²) in [6, 6.07) is 12.6. The molecule has 2 heterocycles. The van der Waals surface area contributed by atoms with Crippen molar-refractivity contribution in [3.05, 3.63) is 88.1 Å². The highest BCUT2D eigenvalue weighted by molar-refractivity contribution is 7.92. The van der Waals surface area contributed by atoms with Gasteiger partial charge in [-0.2, -0.15) is 0 Å². The second kappa shape index (κ2) is 9.13. The van der Waals surface area contributed by atoms with Gasteiger partial charge in [-0.1, -0.05) is 23.8 Å². The summed E-state index contributed by atoms with van der Waals surface area (Å²) in [5.41, 5.74) is 1.56. The Morgan fingerprint density at radius 2 is 1.81 bits per heavy atom. The van der Waals surface area contributed by atoms with E-state index in [2.05, 4.69) is 15.0 Å². The van der Waals surface area contributed by atoms with Crippen molar-refractivity contribution in [2.24, 2.45) is 0 Å². The summed E-state index contributed by atoms with van der Waals surface area (Å²) < 4.78 is 28.8. The molecular weight excluding hydrogens is 416 g/mol. The summed E-state index contributed by atoms with van der Waals surface area (Å²) in [6.45, 7) is 5.10. The van der Waals surface area contributed by atoms with Gasteiger partial charge in [-0.25, -0.2) is 8.42 Å². The van der Waals surface area contributed by atoms with E-state index in [0.29, 0.717) is 5.69 Å². The molecule has 0 aliphatic heterocycles. The topological polar surface area (TPSA) is 110 Å². The molecule has 9 heteroatoms. The van der Waals surface area contributed by atoms with E-state index in [0.717, 1.165) is 11.1 Å². The normalized spacial score (nSPS) is 12.2. The molecule has 0 bridgehead atoms. The van der Waals surface area contributed by atoms with Crippen LogP contribution in [0.3, 0.4) is 0 Å². The predicted molar refractivity (Wildman–Crippen MR) is 118 cm³/mol. The van der Waals surface area contributed by atoms with Gasteiger partial charge in [0.25, 0.3) is 15.6 Å². The molecule has 0 saturated heterocycles. The average Bonchev–Trinajstić information content (AvgIpc) is 2.74. The first-order valence-corrected chi connectivity index (χ1v) is 11.1. The van der Waals surface area contributed by atoms with Gasteiger partial charge >= 0.3 is 0 Å². The zero-order valence-electron chi connectivity index (χ0n) is 17.5. The molecule has 8 nitrogen and oxygen atoms in total. The number of hydrogen-bond donors (Lipinski definition) is 2. The summed E-state index contributed by atoms with van der Waals surface area (Å²) in [5, 5.41) is 2.82. The molecule has 1 atom stereocenters. The molecule has 3 aromatic rings. The molecule has 0 unspecified atom stereocenters. The monoisotopic (exact) mass is 440 g/mol. The SMILES string of the molecule is Cc1ccc(S(=O)(=O)Nc2ccc(C)n(CC(=O)N[C@@H](C)c3cccnc3)c2=O)cc1. The minimum Gasteiger partial charge on any atom is -0.348 e. The molecule has 0 aliphatic rings. The maximum Gasteiger partial charge on any atom is 0.275 e. The molecular formula is C22H24N4O4S. The van der Waals surface area contributed by atoms with Crippen molar-refractivity contribution in [1.82, 2.24) is 14.9 Å². The van der Waals surface area contributed by atoms with Crippen molar-refractivity contribution >= 4 is 21.6 Å². The van der Waals surface area contributed by atoms with Crippen LogP contribution in [-0.2, 0) is 21.4 Å². The van der Waals surface area contributed by atoms with E-state index in [4.69, 9.17) is 0 Å². The van der Waals surface area contributed by atoms with E-state index < -0.39 is 15.6 Å². The number of carbonyl (C=O) groups excluding carboxylic acids is 1. The molecule has 1 aromatic carbocycles. The Labute approximate surface area is 181 Å². The van der Waals surface area contributed by atoms with Crippen LogP contribution in [0.2, 0.25) is 0 Å². The lowest BCUT2D eigenvalue weighted by molar-refractivity contribution is -0.122. The Kier molecular flexibility index (Phi) is 6.55. The fourth-order valence-electron chi connectivity index (χ4n) is 3.01. The second-order valence-electron chi connectivity index (χ2n) is 7.27. The summed E-state index contributed by atoms with van der Waals surface area (Å²) in [5.74, 6) is -0.375. The molecule has 31 heavy (non-hydrogen) atoms. The Morgan fingerprint density at radius 3 is 2.45 bits per heavy atom. The zero-order chi connectivity index (χ0) is 22.6. The fourth-order valence-corrected chi connectivity index (χ4v) is 4.07. The quantitative estimate of drug-likeness (QED) is 0.587. The summed E-state index contributed by atoms with van der Waals surface area (Å²) in [4.78, 5) is 29.5. The van der Waals surface area contributed by atoms with Crippen molar-refractivity contribution in [3.8, 4) is 0 Å². The minimum atomic E-state index is -3.94. The number of aryl methyl sites for hydroxylation is 2. The number of rotatable bonds is 7. The molecule has 1 amide bonds. The Hall–Kier alpha value is -3.46. The lowest BCUT2D eigenvalue weighted by atomic mass is 10.1. The third kappa shape index (κ3) is 5.37. The van der Waals surface area contributed by atoms with Crippen LogP contribution in [0.5, 0.6) is 0 Å². The summed E-state index contributed by atoms with van der Waals surface area (Å²) in [6.07, 6.45) is 3.30. The average molecular weight is 441 g/mol. The number of benzene rings is 1. The number of hydrogen-bond acceptors (Lipinski definition) is 5. The molecule has 3 rings (SSSR count). The van der Waals surface area contributed by atoms with Gasteiger partial charge in [-0.05, 0) is 56.7 Å². The van der Waals surface area contributed by atoms with E-state index in [1.807, 2.05) is 19.9 Å². The van der Waals surface area contributed by atoms with Crippen molar-refractivity contribution in [2.45, 2.75) is 38.3 Å². The molecule has 0 fully saturated rings. The highest BCUT2D eigenvalue weighted by atomic mass is 32.2. The van der Waals surface area contributed by atoms with Crippen LogP contribution in [0.25, 0.3) is 0 Å². The van der Waals surface area contributed by atoms with Gasteiger partial charge in [0.05, 0.1) is 10.9 Å². The van der Waals surface area contributed by atoms with Crippen molar-refractivity contribution in [1.29, 1.82) is 0 Å². The van der Waals surface area contributed by atoms with Gasteiger partial charge in [-0.15, -0.1) is 0 Å². The molecule has 0 spiro atoms. The Balaban J connectivity index is 1.80. The second-order valence-corrected chi connectivity index (χ2v) is 8.96. The number of sulfonamides is 1. The van der Waals surface area contributed by atoms with E-state index in [9.17, 15) is 18.0 Å². The van der Waals surface area contributed by atoms with Crippen LogP contribution < -0.4 is 15.6 Å². The van der Waals surface area contributed by atoms with Gasteiger partial charge in [0.15, 0.2) is 0 Å². The van der Waals surface area contributed by atoms with Gasteiger partial charge in [0.1, 0.15) is 12.2 Å². The first-order chi connectivity index (χ1) is 14.7. The number of nitrogens with one attached hydrogen (secondary N) is 2. The molecule has 162 valence electrons. The van der Waals surface area contributed by atoms with Crippen molar-refractivity contribution < 1.29 is 13.2 Å². The van der Waals surface area contributed by atoms with Crippen LogP contribution in [0.1, 0.15) is 29.8 Å². The molecule has 2 N–H and O–H groups in total. The molecule has 0 aliphatic carbocycles. The smallest absolute Gasteiger partial charge is 0.275 e. The van der Waals surface area contributed by atoms with Gasteiger partial charge in [-0.3, -0.25) is 19.3 Å². The maximum absolute atomic E-state index is 12.9. The summed E-state index contributed by atoms with van der Waals surface area (Å²) in [7, 11) is -3.94. The molecule has 0 saturated carbocycles. The van der Waals surface area contributed by atoms with Gasteiger partial charge < -0.3 is 9.88 Å². The lowest BCUT2D eigenvalue weighted by Gasteiger charge is -2.16. The number of nitrogens with zero attached hydrogens (tertiary/aromatic N) is 2. The highest BCUT2D eigenvalue weighted by Gasteiger charge is 2.18. The van der Waals surface area contributed by atoms with Crippen LogP contribution in [-0.4, -0.2) is 23.9 Å². The number of pyridine rings is 2. The third-order valence-corrected chi connectivity index (χ3v) is 6.21. The number of carbonyl (C=O) groups is 1. The largest absolute Gasteiger partial charge is 0.348 e. The standard InChI is InChI=1S/C22H24N4O4S/c1-15-6-9-19(10-7-15)31(29,30)25-20-11-8-16(2)26(22(20)28)14-21(27)24-17(3)18-5-4-12-23-13-18/h4-13,17,25H,14H2,1-3H3,(H,24,27)/t17-/m0/s1.